The van der Waals surface area contributed by atoms with Crippen molar-refractivity contribution in [3.05, 3.63) is 44.9 Å². The third-order valence-electron chi connectivity index (χ3n) is 4.74. The lowest BCUT2D eigenvalue weighted by Gasteiger charge is -2.17. The quantitative estimate of drug-likeness (QED) is 0.702. The zero-order valence-electron chi connectivity index (χ0n) is 15.5. The fourth-order valence-electron chi connectivity index (χ4n) is 3.40. The smallest absolute Gasteiger partial charge is 0.222 e. The molecule has 0 unspecified atom stereocenters. The molecule has 0 aliphatic heterocycles. The molecule has 0 radical (unpaired) electrons. The standard InChI is InChI=1S/C19H24N4OS/c1-12-16(13(2)20-19-18(12)14(3)21-23(19)5)6-7-17(24)22(4)10-15-8-9-25-11-15/h8-9,11H,6-7,10H2,1-5H3. The molecule has 0 spiro atoms. The molecule has 0 fully saturated rings. The number of nitrogens with zero attached hydrogens (tertiary/aromatic N) is 4. The number of amides is 1. The number of carbonyl (C=O) groups is 1. The number of carbonyl (C=O) groups excluding carboxylic acids is 1. The van der Waals surface area contributed by atoms with Gasteiger partial charge in [-0.3, -0.25) is 9.48 Å². The minimum Gasteiger partial charge on any atom is -0.341 e. The van der Waals surface area contributed by atoms with E-state index >= 15 is 0 Å². The van der Waals surface area contributed by atoms with Crippen LogP contribution in [-0.2, 0) is 24.8 Å². The van der Waals surface area contributed by atoms with Gasteiger partial charge in [-0.15, -0.1) is 0 Å². The Bertz CT molecular complexity index is 912. The van der Waals surface area contributed by atoms with Crippen molar-refractivity contribution in [3.63, 3.8) is 0 Å². The van der Waals surface area contributed by atoms with Crippen LogP contribution in [0.25, 0.3) is 11.0 Å². The molecule has 0 aromatic carbocycles. The van der Waals surface area contributed by atoms with Crippen molar-refractivity contribution in [3.8, 4) is 0 Å². The van der Waals surface area contributed by atoms with E-state index in [1.807, 2.05) is 38.0 Å². The van der Waals surface area contributed by atoms with Crippen LogP contribution in [0.5, 0.6) is 0 Å². The second-order valence-corrected chi connectivity index (χ2v) is 7.37. The molecule has 0 saturated carbocycles. The summed E-state index contributed by atoms with van der Waals surface area (Å²) in [6.45, 7) is 6.80. The first-order valence-corrected chi connectivity index (χ1v) is 9.37. The summed E-state index contributed by atoms with van der Waals surface area (Å²) < 4.78 is 1.83. The van der Waals surface area contributed by atoms with Gasteiger partial charge in [-0.25, -0.2) is 4.98 Å². The summed E-state index contributed by atoms with van der Waals surface area (Å²) in [5.41, 5.74) is 6.44. The molecule has 3 heterocycles. The maximum atomic E-state index is 12.5. The third kappa shape index (κ3) is 3.44. The zero-order chi connectivity index (χ0) is 18.1. The van der Waals surface area contributed by atoms with Gasteiger partial charge >= 0.3 is 0 Å². The summed E-state index contributed by atoms with van der Waals surface area (Å²) in [5.74, 6) is 0.160. The van der Waals surface area contributed by atoms with Crippen molar-refractivity contribution in [2.45, 2.75) is 40.2 Å². The van der Waals surface area contributed by atoms with Crippen LogP contribution in [0.2, 0.25) is 0 Å². The van der Waals surface area contributed by atoms with Crippen LogP contribution in [0.15, 0.2) is 16.8 Å². The van der Waals surface area contributed by atoms with Crippen molar-refractivity contribution >= 4 is 28.3 Å². The van der Waals surface area contributed by atoms with Crippen molar-refractivity contribution in [1.82, 2.24) is 19.7 Å². The topological polar surface area (TPSA) is 51.0 Å². The summed E-state index contributed by atoms with van der Waals surface area (Å²) in [6, 6.07) is 2.06. The van der Waals surface area contributed by atoms with Gasteiger partial charge in [0.2, 0.25) is 5.91 Å². The molecule has 3 aromatic rings. The molecule has 3 rings (SSSR count). The molecule has 0 atom stereocenters. The lowest BCUT2D eigenvalue weighted by molar-refractivity contribution is -0.130. The molecule has 0 aliphatic rings. The van der Waals surface area contributed by atoms with Gasteiger partial charge in [0.25, 0.3) is 0 Å². The number of aromatic nitrogens is 3. The van der Waals surface area contributed by atoms with E-state index in [0.717, 1.165) is 22.4 Å². The highest BCUT2D eigenvalue weighted by molar-refractivity contribution is 7.07. The normalized spacial score (nSPS) is 11.2. The summed E-state index contributed by atoms with van der Waals surface area (Å²) in [7, 11) is 3.79. The predicted molar refractivity (Wildman–Crippen MR) is 102 cm³/mol. The Hall–Kier alpha value is -2.21. The number of pyridine rings is 1. The molecular weight excluding hydrogens is 332 g/mol. The number of rotatable bonds is 5. The van der Waals surface area contributed by atoms with Crippen molar-refractivity contribution < 1.29 is 4.79 Å². The number of hydrogen-bond acceptors (Lipinski definition) is 4. The molecule has 3 aromatic heterocycles. The Labute approximate surface area is 152 Å². The van der Waals surface area contributed by atoms with Crippen LogP contribution in [0.4, 0.5) is 0 Å². The number of aryl methyl sites for hydroxylation is 4. The van der Waals surface area contributed by atoms with Gasteiger partial charge in [-0.2, -0.15) is 16.4 Å². The molecule has 25 heavy (non-hydrogen) atoms. The fourth-order valence-corrected chi connectivity index (χ4v) is 4.06. The SMILES string of the molecule is Cc1nc2c(c(C)nn2C)c(C)c1CCC(=O)N(C)Cc1ccsc1. The number of fused-ring (bicyclic) bond motifs is 1. The molecule has 1 amide bonds. The van der Waals surface area contributed by atoms with Crippen LogP contribution >= 0.6 is 11.3 Å². The van der Waals surface area contributed by atoms with E-state index in [1.165, 1.54) is 16.7 Å². The molecular formula is C19H24N4OS. The molecule has 5 nitrogen and oxygen atoms in total. The lowest BCUT2D eigenvalue weighted by atomic mass is 9.99. The minimum atomic E-state index is 0.160. The van der Waals surface area contributed by atoms with Crippen molar-refractivity contribution in [1.29, 1.82) is 0 Å². The monoisotopic (exact) mass is 356 g/mol. The first-order valence-electron chi connectivity index (χ1n) is 8.43. The zero-order valence-corrected chi connectivity index (χ0v) is 16.3. The Balaban J connectivity index is 1.76. The highest BCUT2D eigenvalue weighted by atomic mass is 32.1. The molecule has 132 valence electrons. The van der Waals surface area contributed by atoms with Crippen LogP contribution < -0.4 is 0 Å². The van der Waals surface area contributed by atoms with E-state index in [0.29, 0.717) is 19.4 Å². The largest absolute Gasteiger partial charge is 0.341 e. The third-order valence-corrected chi connectivity index (χ3v) is 5.48. The Kier molecular flexibility index (Phi) is 4.90. The summed E-state index contributed by atoms with van der Waals surface area (Å²) in [4.78, 5) is 19.0. The first kappa shape index (κ1) is 17.6. The van der Waals surface area contributed by atoms with Crippen molar-refractivity contribution in [2.24, 2.45) is 7.05 Å². The highest BCUT2D eigenvalue weighted by Crippen LogP contribution is 2.26. The maximum absolute atomic E-state index is 12.5. The predicted octanol–water partition coefficient (Wildman–Crippen LogP) is 3.55. The summed E-state index contributed by atoms with van der Waals surface area (Å²) in [6.07, 6.45) is 1.20. The molecule has 0 saturated heterocycles. The average Bonchev–Trinajstić information content (AvgIpc) is 3.15. The highest BCUT2D eigenvalue weighted by Gasteiger charge is 2.17. The Morgan fingerprint density at radius 3 is 2.72 bits per heavy atom. The summed E-state index contributed by atoms with van der Waals surface area (Å²) >= 11 is 1.66. The van der Waals surface area contributed by atoms with Gasteiger partial charge in [-0.1, -0.05) is 0 Å². The van der Waals surface area contributed by atoms with Crippen LogP contribution in [0.1, 0.15) is 34.5 Å². The van der Waals surface area contributed by atoms with E-state index in [4.69, 9.17) is 4.98 Å². The van der Waals surface area contributed by atoms with Crippen LogP contribution in [0.3, 0.4) is 0 Å². The van der Waals surface area contributed by atoms with Gasteiger partial charge in [-0.05, 0) is 60.7 Å². The van der Waals surface area contributed by atoms with E-state index < -0.39 is 0 Å². The van der Waals surface area contributed by atoms with Crippen LogP contribution in [0, 0.1) is 20.8 Å². The molecule has 0 N–H and O–H groups in total. The molecule has 6 heteroatoms. The Morgan fingerprint density at radius 1 is 1.28 bits per heavy atom. The van der Waals surface area contributed by atoms with E-state index in [9.17, 15) is 4.79 Å². The number of hydrogen-bond donors (Lipinski definition) is 0. The average molecular weight is 356 g/mol. The van der Waals surface area contributed by atoms with Gasteiger partial charge in [0.1, 0.15) is 0 Å². The second kappa shape index (κ2) is 6.96. The second-order valence-electron chi connectivity index (χ2n) is 6.59. The van der Waals surface area contributed by atoms with Gasteiger partial charge in [0, 0.05) is 38.1 Å². The number of thiophene rings is 1. The van der Waals surface area contributed by atoms with E-state index in [2.05, 4.69) is 23.5 Å². The minimum absolute atomic E-state index is 0.160. The van der Waals surface area contributed by atoms with Crippen molar-refractivity contribution in [2.75, 3.05) is 7.05 Å². The van der Waals surface area contributed by atoms with Crippen LogP contribution in [-0.4, -0.2) is 32.6 Å². The van der Waals surface area contributed by atoms with E-state index in [1.54, 1.807) is 16.2 Å². The van der Waals surface area contributed by atoms with E-state index in [-0.39, 0.29) is 5.91 Å². The first-order chi connectivity index (χ1) is 11.9. The molecule has 0 bridgehead atoms. The maximum Gasteiger partial charge on any atom is 0.222 e. The van der Waals surface area contributed by atoms with Gasteiger partial charge < -0.3 is 4.90 Å². The fraction of sp³-hybridized carbons (Fsp3) is 0.421. The lowest BCUT2D eigenvalue weighted by Crippen LogP contribution is -2.26. The summed E-state index contributed by atoms with van der Waals surface area (Å²) in [5, 5.41) is 9.72. The molecule has 0 aliphatic carbocycles. The Morgan fingerprint density at radius 2 is 2.04 bits per heavy atom. The van der Waals surface area contributed by atoms with Gasteiger partial charge in [0.05, 0.1) is 5.69 Å². The van der Waals surface area contributed by atoms with Gasteiger partial charge in [0.15, 0.2) is 5.65 Å².